The summed E-state index contributed by atoms with van der Waals surface area (Å²) in [5.41, 5.74) is 1.08. The van der Waals surface area contributed by atoms with Crippen molar-refractivity contribution in [1.82, 2.24) is 15.5 Å². The third-order valence-corrected chi connectivity index (χ3v) is 4.68. The van der Waals surface area contributed by atoms with Gasteiger partial charge in [-0.15, -0.1) is 0 Å². The maximum atomic E-state index is 5.73. The largest absolute Gasteiger partial charge is 0.489 e. The summed E-state index contributed by atoms with van der Waals surface area (Å²) in [5, 5.41) is 6.97. The lowest BCUT2D eigenvalue weighted by Crippen LogP contribution is -2.49. The highest BCUT2D eigenvalue weighted by Crippen LogP contribution is 2.19. The Balaban J connectivity index is 1.96. The second-order valence-corrected chi connectivity index (χ2v) is 6.95. The third-order valence-electron chi connectivity index (χ3n) is 4.68. The molecule has 26 heavy (non-hydrogen) atoms. The molecular weight excluding hydrogens is 324 g/mol. The van der Waals surface area contributed by atoms with Gasteiger partial charge in [0.05, 0.1) is 6.54 Å². The van der Waals surface area contributed by atoms with Crippen LogP contribution < -0.4 is 15.4 Å². The van der Waals surface area contributed by atoms with E-state index in [0.29, 0.717) is 25.2 Å². The van der Waals surface area contributed by atoms with Crippen LogP contribution in [0.3, 0.4) is 0 Å². The fourth-order valence-electron chi connectivity index (χ4n) is 3.16. The lowest BCUT2D eigenvalue weighted by atomic mass is 10.0. The molecule has 0 atom stereocenters. The number of aliphatic imine (C=N–C) groups is 1. The topological polar surface area (TPSA) is 48.9 Å². The summed E-state index contributed by atoms with van der Waals surface area (Å²) in [6, 6.07) is 9.16. The first-order chi connectivity index (χ1) is 12.6. The van der Waals surface area contributed by atoms with E-state index in [4.69, 9.17) is 9.73 Å². The summed E-state index contributed by atoms with van der Waals surface area (Å²) < 4.78 is 5.73. The van der Waals surface area contributed by atoms with E-state index in [1.165, 1.54) is 0 Å². The molecule has 1 saturated heterocycles. The van der Waals surface area contributed by atoms with Gasteiger partial charge in [-0.2, -0.15) is 0 Å². The van der Waals surface area contributed by atoms with Crippen LogP contribution in [-0.4, -0.2) is 49.2 Å². The minimum Gasteiger partial charge on any atom is -0.489 e. The van der Waals surface area contributed by atoms with E-state index in [1.54, 1.807) is 6.08 Å². The van der Waals surface area contributed by atoms with Crippen LogP contribution in [0.15, 0.2) is 41.9 Å². The number of guanidine groups is 1. The monoisotopic (exact) mass is 358 g/mol. The van der Waals surface area contributed by atoms with Gasteiger partial charge in [-0.05, 0) is 39.7 Å². The number of nitrogens with zero attached hydrogens (tertiary/aromatic N) is 2. The molecule has 1 aromatic rings. The predicted octanol–water partition coefficient (Wildman–Crippen LogP) is 3.18. The zero-order chi connectivity index (χ0) is 18.8. The van der Waals surface area contributed by atoms with Crippen molar-refractivity contribution in [1.29, 1.82) is 0 Å². The Morgan fingerprint density at radius 3 is 2.73 bits per heavy atom. The van der Waals surface area contributed by atoms with Gasteiger partial charge in [0.25, 0.3) is 0 Å². The number of ether oxygens (including phenoxy) is 1. The molecule has 1 aliphatic heterocycles. The van der Waals surface area contributed by atoms with Crippen LogP contribution >= 0.6 is 0 Å². The number of para-hydroxylation sites is 1. The molecule has 5 nitrogen and oxygen atoms in total. The summed E-state index contributed by atoms with van der Waals surface area (Å²) in [6.07, 6.45) is 4.07. The van der Waals surface area contributed by atoms with Crippen molar-refractivity contribution in [3.63, 3.8) is 0 Å². The maximum absolute atomic E-state index is 5.73. The maximum Gasteiger partial charge on any atom is 0.191 e. The molecule has 0 unspecified atom stereocenters. The van der Waals surface area contributed by atoms with Crippen LogP contribution in [0.25, 0.3) is 0 Å². The van der Waals surface area contributed by atoms with Crippen molar-refractivity contribution < 1.29 is 4.74 Å². The fraction of sp³-hybridized carbons (Fsp3) is 0.571. The van der Waals surface area contributed by atoms with Crippen LogP contribution in [0.1, 0.15) is 39.2 Å². The van der Waals surface area contributed by atoms with Gasteiger partial charge < -0.3 is 20.3 Å². The highest BCUT2D eigenvalue weighted by molar-refractivity contribution is 5.80. The lowest BCUT2D eigenvalue weighted by molar-refractivity contribution is 0.167. The molecule has 1 aliphatic rings. The fourth-order valence-corrected chi connectivity index (χ4v) is 3.16. The number of hydrogen-bond donors (Lipinski definition) is 2. The Bertz CT molecular complexity index is 577. The summed E-state index contributed by atoms with van der Waals surface area (Å²) in [4.78, 5) is 7.31. The molecule has 0 bridgehead atoms. The highest BCUT2D eigenvalue weighted by Gasteiger charge is 2.21. The van der Waals surface area contributed by atoms with E-state index < -0.39 is 0 Å². The number of piperidine rings is 1. The third kappa shape index (κ3) is 6.37. The number of nitrogens with one attached hydrogen (secondary N) is 2. The Morgan fingerprint density at radius 2 is 2.08 bits per heavy atom. The number of benzene rings is 1. The first kappa shape index (κ1) is 20.3. The number of likely N-dealkylation sites (tertiary alicyclic amines) is 1. The van der Waals surface area contributed by atoms with E-state index in [1.807, 2.05) is 18.2 Å². The van der Waals surface area contributed by atoms with Gasteiger partial charge in [0, 0.05) is 37.3 Å². The second-order valence-electron chi connectivity index (χ2n) is 6.95. The molecule has 2 N–H and O–H groups in total. The molecule has 2 rings (SSSR count). The first-order valence-corrected chi connectivity index (χ1v) is 9.74. The molecule has 5 heteroatoms. The van der Waals surface area contributed by atoms with Crippen LogP contribution in [0.5, 0.6) is 5.75 Å². The summed E-state index contributed by atoms with van der Waals surface area (Å²) in [6.45, 7) is 14.6. The van der Waals surface area contributed by atoms with Gasteiger partial charge in [-0.25, -0.2) is 4.99 Å². The van der Waals surface area contributed by atoms with E-state index in [9.17, 15) is 0 Å². The van der Waals surface area contributed by atoms with E-state index in [-0.39, 0.29) is 0 Å². The lowest BCUT2D eigenvalue weighted by Gasteiger charge is -2.35. The average Bonchev–Trinajstić information content (AvgIpc) is 2.65. The van der Waals surface area contributed by atoms with E-state index >= 15 is 0 Å². The minimum absolute atomic E-state index is 0.482. The Hall–Kier alpha value is -2.01. The standard InChI is InChI=1S/C21H34N4O/c1-5-15-26-20-10-8-7-9-18(20)16-23-21(22-6-2)24-19-11-13-25(14-12-19)17(3)4/h5,7-10,17,19H,1,6,11-16H2,2-4H3,(H2,22,23,24). The molecule has 0 aromatic heterocycles. The molecule has 0 saturated carbocycles. The number of hydrogen-bond acceptors (Lipinski definition) is 3. The van der Waals surface area contributed by atoms with Gasteiger partial charge in [0.15, 0.2) is 5.96 Å². The highest BCUT2D eigenvalue weighted by atomic mass is 16.5. The smallest absolute Gasteiger partial charge is 0.191 e. The van der Waals surface area contributed by atoms with Crippen molar-refractivity contribution in [3.8, 4) is 5.75 Å². The van der Waals surface area contributed by atoms with Crippen molar-refractivity contribution >= 4 is 5.96 Å². The van der Waals surface area contributed by atoms with E-state index in [0.717, 1.165) is 49.7 Å². The van der Waals surface area contributed by atoms with Crippen molar-refractivity contribution in [2.45, 2.75) is 52.2 Å². The van der Waals surface area contributed by atoms with Gasteiger partial charge in [-0.1, -0.05) is 30.9 Å². The second kappa shape index (κ2) is 10.9. The number of rotatable bonds is 8. The van der Waals surface area contributed by atoms with Crippen LogP contribution in [0.2, 0.25) is 0 Å². The average molecular weight is 359 g/mol. The molecule has 1 heterocycles. The molecule has 0 aliphatic carbocycles. The zero-order valence-electron chi connectivity index (χ0n) is 16.5. The zero-order valence-corrected chi connectivity index (χ0v) is 16.5. The molecule has 1 aromatic carbocycles. The Morgan fingerprint density at radius 1 is 1.35 bits per heavy atom. The first-order valence-electron chi connectivity index (χ1n) is 9.74. The molecule has 0 spiro atoms. The van der Waals surface area contributed by atoms with Crippen LogP contribution in [0, 0.1) is 0 Å². The Labute approximate surface area is 158 Å². The van der Waals surface area contributed by atoms with Crippen molar-refractivity contribution in [2.75, 3.05) is 26.2 Å². The normalized spacial score (nSPS) is 16.5. The minimum atomic E-state index is 0.482. The quantitative estimate of drug-likeness (QED) is 0.426. The summed E-state index contributed by atoms with van der Waals surface area (Å²) >= 11 is 0. The Kier molecular flexibility index (Phi) is 8.48. The molecular formula is C21H34N4O. The van der Waals surface area contributed by atoms with Gasteiger partial charge in [0.2, 0.25) is 0 Å². The molecule has 144 valence electrons. The van der Waals surface area contributed by atoms with Gasteiger partial charge in [0.1, 0.15) is 12.4 Å². The summed E-state index contributed by atoms with van der Waals surface area (Å²) in [7, 11) is 0. The van der Waals surface area contributed by atoms with Crippen LogP contribution in [0.4, 0.5) is 0 Å². The summed E-state index contributed by atoms with van der Waals surface area (Å²) in [5.74, 6) is 1.76. The predicted molar refractivity (Wildman–Crippen MR) is 110 cm³/mol. The van der Waals surface area contributed by atoms with Gasteiger partial charge >= 0.3 is 0 Å². The molecule has 1 fully saturated rings. The molecule has 0 radical (unpaired) electrons. The molecule has 0 amide bonds. The van der Waals surface area contributed by atoms with E-state index in [2.05, 4.69) is 49.0 Å². The van der Waals surface area contributed by atoms with Gasteiger partial charge in [-0.3, -0.25) is 0 Å². The van der Waals surface area contributed by atoms with Crippen LogP contribution in [-0.2, 0) is 6.54 Å². The SMILES string of the molecule is C=CCOc1ccccc1CN=C(NCC)NC1CCN(C(C)C)CC1. The van der Waals surface area contributed by atoms with Crippen molar-refractivity contribution in [3.05, 3.63) is 42.5 Å². The van der Waals surface area contributed by atoms with Crippen molar-refractivity contribution in [2.24, 2.45) is 4.99 Å².